The number of benzene rings is 2. The van der Waals surface area contributed by atoms with Gasteiger partial charge in [0.2, 0.25) is 5.75 Å². The lowest BCUT2D eigenvalue weighted by Crippen LogP contribution is -1.85. The lowest BCUT2D eigenvalue weighted by Gasteiger charge is -2.12. The topological polar surface area (TPSA) is 121 Å². The summed E-state index contributed by atoms with van der Waals surface area (Å²) in [4.78, 5) is 0. The quantitative estimate of drug-likeness (QED) is 0.304. The molecule has 2 rings (SSSR count). The molecule has 0 amide bonds. The molecule has 0 aliphatic carbocycles. The van der Waals surface area contributed by atoms with Gasteiger partial charge in [-0.2, -0.15) is 0 Å². The third kappa shape index (κ3) is 1.27. The van der Waals surface area contributed by atoms with Gasteiger partial charge in [0.15, 0.2) is 23.0 Å². The van der Waals surface area contributed by atoms with Crippen molar-refractivity contribution in [3.8, 4) is 34.5 Å². The first-order chi connectivity index (χ1) is 7.86. The third-order valence-corrected chi connectivity index (χ3v) is 2.68. The van der Waals surface area contributed by atoms with Crippen LogP contribution in [0.25, 0.3) is 10.8 Å². The normalized spacial score (nSPS) is 10.9. The Morgan fingerprint density at radius 3 is 1.82 bits per heavy atom. The summed E-state index contributed by atoms with van der Waals surface area (Å²) < 4.78 is 0. The highest BCUT2D eigenvalue weighted by Crippen LogP contribution is 2.51. The molecule has 6 nitrogen and oxygen atoms in total. The predicted octanol–water partition coefficient (Wildman–Crippen LogP) is 1.38. The SMILES string of the molecule is Cc1c(O)c(O)c2c(O)c(O)c(O)cc2c1O. The third-order valence-electron chi connectivity index (χ3n) is 2.68. The van der Waals surface area contributed by atoms with Crippen LogP contribution in [-0.4, -0.2) is 30.6 Å². The van der Waals surface area contributed by atoms with E-state index in [0.717, 1.165) is 6.07 Å². The number of fused-ring (bicyclic) bond motifs is 1. The molecule has 2 aromatic rings. The predicted molar refractivity (Wildman–Crippen MR) is 58.7 cm³/mol. The number of rotatable bonds is 0. The fourth-order valence-corrected chi connectivity index (χ4v) is 1.68. The maximum absolute atomic E-state index is 9.73. The van der Waals surface area contributed by atoms with Gasteiger partial charge in [-0.15, -0.1) is 0 Å². The Labute approximate surface area is 95.2 Å². The minimum atomic E-state index is -0.838. The van der Waals surface area contributed by atoms with E-state index in [4.69, 9.17) is 0 Å². The molecular formula is C11H10O6. The summed E-state index contributed by atoms with van der Waals surface area (Å²) in [7, 11) is 0. The van der Waals surface area contributed by atoms with Crippen LogP contribution in [0.3, 0.4) is 0 Å². The van der Waals surface area contributed by atoms with Crippen LogP contribution in [0, 0.1) is 6.92 Å². The summed E-state index contributed by atoms with van der Waals surface area (Å²) in [5.41, 5.74) is -0.000472. The molecule has 0 saturated carbocycles. The van der Waals surface area contributed by atoms with E-state index in [-0.39, 0.29) is 16.3 Å². The van der Waals surface area contributed by atoms with Gasteiger partial charge in [-0.05, 0) is 13.0 Å². The smallest absolute Gasteiger partial charge is 0.201 e. The number of phenolic OH excluding ortho intramolecular Hbond substituents is 6. The van der Waals surface area contributed by atoms with E-state index in [1.165, 1.54) is 6.92 Å². The molecule has 0 heterocycles. The van der Waals surface area contributed by atoms with E-state index < -0.39 is 34.5 Å². The summed E-state index contributed by atoms with van der Waals surface area (Å²) in [6.45, 7) is 1.35. The zero-order chi connectivity index (χ0) is 12.9. The summed E-state index contributed by atoms with van der Waals surface area (Å²) in [5, 5.41) is 56.6. The van der Waals surface area contributed by atoms with Gasteiger partial charge in [-0.1, -0.05) is 0 Å². The first-order valence-corrected chi connectivity index (χ1v) is 4.67. The lowest BCUT2D eigenvalue weighted by molar-refractivity contribution is 0.367. The molecule has 0 saturated heterocycles. The molecular weight excluding hydrogens is 228 g/mol. The van der Waals surface area contributed by atoms with Crippen molar-refractivity contribution >= 4 is 10.8 Å². The highest BCUT2D eigenvalue weighted by Gasteiger charge is 2.22. The van der Waals surface area contributed by atoms with Gasteiger partial charge in [0.1, 0.15) is 5.75 Å². The fraction of sp³-hybridized carbons (Fsp3) is 0.0909. The van der Waals surface area contributed by atoms with Crippen molar-refractivity contribution < 1.29 is 30.6 Å². The molecule has 0 bridgehead atoms. The number of phenols is 6. The lowest BCUT2D eigenvalue weighted by atomic mass is 10.0. The maximum Gasteiger partial charge on any atom is 0.201 e. The zero-order valence-electron chi connectivity index (χ0n) is 8.76. The average Bonchev–Trinajstić information content (AvgIpc) is 2.30. The largest absolute Gasteiger partial charge is 0.507 e. The molecule has 0 spiro atoms. The molecule has 0 aromatic heterocycles. The molecule has 0 fully saturated rings. The maximum atomic E-state index is 9.73. The number of hydrogen-bond donors (Lipinski definition) is 6. The Morgan fingerprint density at radius 2 is 1.24 bits per heavy atom. The van der Waals surface area contributed by atoms with Crippen LogP contribution in [0.5, 0.6) is 34.5 Å². The molecule has 0 radical (unpaired) electrons. The Morgan fingerprint density at radius 1 is 0.706 bits per heavy atom. The molecule has 17 heavy (non-hydrogen) atoms. The molecule has 0 aliphatic heterocycles. The van der Waals surface area contributed by atoms with Crippen LogP contribution >= 0.6 is 0 Å². The highest BCUT2D eigenvalue weighted by atomic mass is 16.3. The monoisotopic (exact) mass is 238 g/mol. The molecule has 6 N–H and O–H groups in total. The molecule has 0 atom stereocenters. The van der Waals surface area contributed by atoms with Crippen LogP contribution in [0.15, 0.2) is 6.07 Å². The second-order valence-corrected chi connectivity index (χ2v) is 3.69. The van der Waals surface area contributed by atoms with Crippen LogP contribution in [0.1, 0.15) is 5.56 Å². The minimum absolute atomic E-state index is 0.000472. The van der Waals surface area contributed by atoms with Gasteiger partial charge >= 0.3 is 0 Å². The van der Waals surface area contributed by atoms with Crippen molar-refractivity contribution in [2.75, 3.05) is 0 Å². The van der Waals surface area contributed by atoms with E-state index in [2.05, 4.69) is 0 Å². The van der Waals surface area contributed by atoms with E-state index >= 15 is 0 Å². The molecule has 6 heteroatoms. The van der Waals surface area contributed by atoms with E-state index in [1.54, 1.807) is 0 Å². The first-order valence-electron chi connectivity index (χ1n) is 4.67. The summed E-state index contributed by atoms with van der Waals surface area (Å²) in [6.07, 6.45) is 0. The van der Waals surface area contributed by atoms with Crippen LogP contribution in [-0.2, 0) is 0 Å². The van der Waals surface area contributed by atoms with Crippen LogP contribution < -0.4 is 0 Å². The van der Waals surface area contributed by atoms with E-state index in [9.17, 15) is 30.6 Å². The van der Waals surface area contributed by atoms with E-state index in [0.29, 0.717) is 0 Å². The van der Waals surface area contributed by atoms with Crippen molar-refractivity contribution in [1.82, 2.24) is 0 Å². The second kappa shape index (κ2) is 3.24. The Balaban J connectivity index is 3.12. The molecule has 90 valence electrons. The Hall–Kier alpha value is -2.50. The van der Waals surface area contributed by atoms with Gasteiger partial charge in [0.25, 0.3) is 0 Å². The average molecular weight is 238 g/mol. The van der Waals surface area contributed by atoms with Crippen molar-refractivity contribution in [3.05, 3.63) is 11.6 Å². The Bertz CT molecular complexity index is 624. The van der Waals surface area contributed by atoms with Gasteiger partial charge in [0, 0.05) is 10.9 Å². The van der Waals surface area contributed by atoms with Gasteiger partial charge < -0.3 is 30.6 Å². The summed E-state index contributed by atoms with van der Waals surface area (Å²) in [6, 6.07) is 0.978. The van der Waals surface area contributed by atoms with Crippen LogP contribution in [0.2, 0.25) is 0 Å². The van der Waals surface area contributed by atoms with Gasteiger partial charge in [-0.3, -0.25) is 0 Å². The van der Waals surface area contributed by atoms with Crippen molar-refractivity contribution in [3.63, 3.8) is 0 Å². The second-order valence-electron chi connectivity index (χ2n) is 3.69. The molecule has 2 aromatic carbocycles. The minimum Gasteiger partial charge on any atom is -0.507 e. The van der Waals surface area contributed by atoms with Crippen molar-refractivity contribution in [2.24, 2.45) is 0 Å². The molecule has 0 aliphatic rings. The standard InChI is InChI=1S/C11H10O6/c1-3-7(13)4-2-5(12)9(15)11(17)6(4)10(16)8(3)14/h2,12-17H,1H3. The number of hydrogen-bond acceptors (Lipinski definition) is 6. The Kier molecular flexibility index (Phi) is 2.10. The molecule has 0 unspecified atom stereocenters. The zero-order valence-corrected chi connectivity index (χ0v) is 8.76. The van der Waals surface area contributed by atoms with E-state index in [1.807, 2.05) is 0 Å². The summed E-state index contributed by atoms with van der Waals surface area (Å²) in [5.74, 6) is -3.98. The summed E-state index contributed by atoms with van der Waals surface area (Å²) >= 11 is 0. The highest BCUT2D eigenvalue weighted by molar-refractivity contribution is 6.03. The van der Waals surface area contributed by atoms with Crippen molar-refractivity contribution in [1.29, 1.82) is 0 Å². The van der Waals surface area contributed by atoms with Gasteiger partial charge in [-0.25, -0.2) is 0 Å². The fourth-order valence-electron chi connectivity index (χ4n) is 1.68. The van der Waals surface area contributed by atoms with Crippen LogP contribution in [0.4, 0.5) is 0 Å². The number of aromatic hydroxyl groups is 6. The first kappa shape index (κ1) is 11.0. The van der Waals surface area contributed by atoms with Crippen molar-refractivity contribution in [2.45, 2.75) is 6.92 Å². The van der Waals surface area contributed by atoms with Gasteiger partial charge in [0.05, 0.1) is 5.39 Å².